The van der Waals surface area contributed by atoms with Gasteiger partial charge in [-0.25, -0.2) is 26.8 Å². The van der Waals surface area contributed by atoms with Gasteiger partial charge in [-0.1, -0.05) is 90.0 Å². The Balaban J connectivity index is 1.57. The van der Waals surface area contributed by atoms with Crippen molar-refractivity contribution in [2.75, 3.05) is 9.44 Å². The number of aromatic nitrogens is 2. The molecule has 2 N–H and O–H groups in total. The first-order valence-corrected chi connectivity index (χ1v) is 16.7. The van der Waals surface area contributed by atoms with Gasteiger partial charge in [-0.15, -0.1) is 0 Å². The van der Waals surface area contributed by atoms with Gasteiger partial charge in [0.25, 0.3) is 20.0 Å². The molecule has 1 heterocycles. The van der Waals surface area contributed by atoms with Crippen molar-refractivity contribution in [2.24, 2.45) is 0 Å². The van der Waals surface area contributed by atoms with E-state index >= 15 is 0 Å². The predicted molar refractivity (Wildman–Crippen MR) is 174 cm³/mol. The van der Waals surface area contributed by atoms with Crippen LogP contribution in [0.15, 0.2) is 131 Å². The maximum absolute atomic E-state index is 13.6. The van der Waals surface area contributed by atoms with Crippen LogP contribution in [0.1, 0.15) is 11.1 Å². The normalized spacial score (nSPS) is 11.8. The second-order valence-corrected chi connectivity index (χ2v) is 13.7. The fourth-order valence-electron chi connectivity index (χ4n) is 4.81. The summed E-state index contributed by atoms with van der Waals surface area (Å²) in [5, 5.41) is 0.793. The van der Waals surface area contributed by atoms with Crippen molar-refractivity contribution in [1.82, 2.24) is 9.97 Å². The molecule has 0 aliphatic rings. The van der Waals surface area contributed by atoms with E-state index in [0.717, 1.165) is 22.1 Å². The molecule has 0 radical (unpaired) electrons. The lowest BCUT2D eigenvalue weighted by molar-refractivity contribution is 0.599. The van der Waals surface area contributed by atoms with Gasteiger partial charge in [0.1, 0.15) is 0 Å². The third kappa shape index (κ3) is 5.90. The number of hydrogen-bond donors (Lipinski definition) is 2. The number of nitrogens with zero attached hydrogens (tertiary/aromatic N) is 2. The smallest absolute Gasteiger partial charge is 0.261 e. The van der Waals surface area contributed by atoms with Gasteiger partial charge in [-0.2, -0.15) is 0 Å². The third-order valence-electron chi connectivity index (χ3n) is 7.09. The zero-order chi connectivity index (χ0) is 30.9. The maximum Gasteiger partial charge on any atom is 0.261 e. The van der Waals surface area contributed by atoms with Crippen molar-refractivity contribution in [2.45, 2.75) is 23.6 Å². The third-order valence-corrected chi connectivity index (χ3v) is 9.85. The Morgan fingerprint density at radius 1 is 0.523 bits per heavy atom. The highest BCUT2D eigenvalue weighted by atomic mass is 32.2. The summed E-state index contributed by atoms with van der Waals surface area (Å²) in [6.07, 6.45) is 0. The van der Waals surface area contributed by atoms with Crippen LogP contribution in [0, 0.1) is 13.8 Å². The van der Waals surface area contributed by atoms with Crippen LogP contribution >= 0.6 is 0 Å². The molecular weight excluding hydrogens is 593 g/mol. The number of para-hydroxylation sites is 1. The summed E-state index contributed by atoms with van der Waals surface area (Å²) in [4.78, 5) is 9.83. The van der Waals surface area contributed by atoms with Crippen LogP contribution in [0.2, 0.25) is 0 Å². The van der Waals surface area contributed by atoms with Crippen molar-refractivity contribution in [3.8, 4) is 22.6 Å². The van der Waals surface area contributed by atoms with Crippen LogP contribution in [0.25, 0.3) is 33.5 Å². The molecule has 0 spiro atoms. The largest absolute Gasteiger partial charge is 0.279 e. The second kappa shape index (κ2) is 11.6. The van der Waals surface area contributed by atoms with Crippen LogP contribution in [-0.4, -0.2) is 26.8 Å². The summed E-state index contributed by atoms with van der Waals surface area (Å²) >= 11 is 0. The van der Waals surface area contributed by atoms with Gasteiger partial charge in [-0.3, -0.25) is 9.44 Å². The molecule has 0 aliphatic heterocycles. The molecule has 6 rings (SSSR count). The highest BCUT2D eigenvalue weighted by molar-refractivity contribution is 7.93. The standard InChI is InChI=1S/C34H28N4O4S2/c1-23-15-19-26(20-16-23)43(39,40)37-30-13-8-14-31(38-44(41,42)27-21-17-24(2)18-22-27)32(30)34-35-29-12-7-6-11-28(29)33(36-34)25-9-4-3-5-10-25/h3-22,37-38H,1-2H3. The number of fused-ring (bicyclic) bond motifs is 1. The molecule has 1 aromatic heterocycles. The number of hydrogen-bond acceptors (Lipinski definition) is 6. The quantitative estimate of drug-likeness (QED) is 0.186. The SMILES string of the molecule is Cc1ccc(S(=O)(=O)Nc2cccc(NS(=O)(=O)c3ccc(C)cc3)c2-c2nc(-c3ccccc3)c3ccccc3n2)cc1. The molecule has 0 atom stereocenters. The van der Waals surface area contributed by atoms with E-state index in [2.05, 4.69) is 9.44 Å². The first kappa shape index (κ1) is 29.0. The van der Waals surface area contributed by atoms with Crippen molar-refractivity contribution in [3.63, 3.8) is 0 Å². The van der Waals surface area contributed by atoms with Gasteiger partial charge in [0.05, 0.1) is 37.9 Å². The summed E-state index contributed by atoms with van der Waals surface area (Å²) in [7, 11) is -8.13. The van der Waals surface area contributed by atoms with Crippen LogP contribution in [0.4, 0.5) is 11.4 Å². The Hall–Kier alpha value is -5.06. The average Bonchev–Trinajstić information content (AvgIpc) is 3.01. The molecule has 6 aromatic rings. The molecule has 0 saturated carbocycles. The highest BCUT2D eigenvalue weighted by Crippen LogP contribution is 2.38. The molecule has 0 aliphatic carbocycles. The van der Waals surface area contributed by atoms with Gasteiger partial charge in [0.2, 0.25) is 0 Å². The lowest BCUT2D eigenvalue weighted by Gasteiger charge is -2.18. The van der Waals surface area contributed by atoms with E-state index in [9.17, 15) is 16.8 Å². The summed E-state index contributed by atoms with van der Waals surface area (Å²) < 4.78 is 59.5. The number of aryl methyl sites for hydroxylation is 2. The number of benzene rings is 5. The minimum atomic E-state index is -4.07. The summed E-state index contributed by atoms with van der Waals surface area (Å²) in [6.45, 7) is 3.74. The van der Waals surface area contributed by atoms with E-state index in [1.54, 1.807) is 42.5 Å². The molecule has 10 heteroatoms. The van der Waals surface area contributed by atoms with E-state index in [1.165, 1.54) is 24.3 Å². The monoisotopic (exact) mass is 620 g/mol. The fourth-order valence-corrected chi connectivity index (χ4v) is 6.95. The summed E-state index contributed by atoms with van der Waals surface area (Å²) in [6, 6.07) is 34.6. The van der Waals surface area contributed by atoms with Gasteiger partial charge in [0.15, 0.2) is 5.82 Å². The van der Waals surface area contributed by atoms with Gasteiger partial charge >= 0.3 is 0 Å². The molecule has 0 unspecified atom stereocenters. The van der Waals surface area contributed by atoms with Gasteiger partial charge in [-0.05, 0) is 56.3 Å². The molecule has 0 amide bonds. The van der Waals surface area contributed by atoms with Crippen LogP contribution in [0.5, 0.6) is 0 Å². The Morgan fingerprint density at radius 2 is 1.02 bits per heavy atom. The average molecular weight is 621 g/mol. The molecule has 0 bridgehead atoms. The van der Waals surface area contributed by atoms with Crippen LogP contribution in [0.3, 0.4) is 0 Å². The van der Waals surface area contributed by atoms with E-state index < -0.39 is 20.0 Å². The number of anilines is 2. The lowest BCUT2D eigenvalue weighted by atomic mass is 10.0. The van der Waals surface area contributed by atoms with Crippen molar-refractivity contribution in [3.05, 3.63) is 132 Å². The van der Waals surface area contributed by atoms with E-state index in [0.29, 0.717) is 11.2 Å². The molecule has 0 fully saturated rings. The first-order chi connectivity index (χ1) is 21.1. The van der Waals surface area contributed by atoms with Crippen molar-refractivity contribution >= 4 is 42.3 Å². The zero-order valence-electron chi connectivity index (χ0n) is 23.9. The molecule has 0 saturated heterocycles. The maximum atomic E-state index is 13.6. The van der Waals surface area contributed by atoms with Gasteiger partial charge < -0.3 is 0 Å². The minimum Gasteiger partial charge on any atom is -0.279 e. The molecular formula is C34H28N4O4S2. The Labute approximate surface area is 256 Å². The minimum absolute atomic E-state index is 0.0593. The number of rotatable bonds is 8. The van der Waals surface area contributed by atoms with Crippen molar-refractivity contribution in [1.29, 1.82) is 0 Å². The number of sulfonamides is 2. The highest BCUT2D eigenvalue weighted by Gasteiger charge is 2.24. The van der Waals surface area contributed by atoms with Crippen LogP contribution in [-0.2, 0) is 20.0 Å². The Kier molecular flexibility index (Phi) is 7.62. The molecule has 8 nitrogen and oxygen atoms in total. The summed E-state index contributed by atoms with van der Waals surface area (Å²) in [5.74, 6) is 0.145. The van der Waals surface area contributed by atoms with Gasteiger partial charge in [0, 0.05) is 10.9 Å². The van der Waals surface area contributed by atoms with E-state index in [-0.39, 0.29) is 32.6 Å². The van der Waals surface area contributed by atoms with E-state index in [1.807, 2.05) is 68.4 Å². The first-order valence-electron chi connectivity index (χ1n) is 13.8. The topological polar surface area (TPSA) is 118 Å². The fraction of sp³-hybridized carbons (Fsp3) is 0.0588. The summed E-state index contributed by atoms with van der Waals surface area (Å²) in [5.41, 5.74) is 4.29. The molecule has 220 valence electrons. The molecule has 44 heavy (non-hydrogen) atoms. The van der Waals surface area contributed by atoms with Crippen molar-refractivity contribution < 1.29 is 16.8 Å². The second-order valence-electron chi connectivity index (χ2n) is 10.3. The lowest BCUT2D eigenvalue weighted by Crippen LogP contribution is -2.17. The Bertz CT molecular complexity index is 2110. The van der Waals surface area contributed by atoms with E-state index in [4.69, 9.17) is 9.97 Å². The number of nitrogens with one attached hydrogen (secondary N) is 2. The van der Waals surface area contributed by atoms with Crippen LogP contribution < -0.4 is 9.44 Å². The zero-order valence-corrected chi connectivity index (χ0v) is 25.5. The Morgan fingerprint density at radius 3 is 1.57 bits per heavy atom. The predicted octanol–water partition coefficient (Wildman–Crippen LogP) is 7.18. The molecule has 5 aromatic carbocycles.